The van der Waals surface area contributed by atoms with Gasteiger partial charge in [-0.3, -0.25) is 9.59 Å². The van der Waals surface area contributed by atoms with Gasteiger partial charge in [0.2, 0.25) is 11.8 Å². The first-order valence-electron chi connectivity index (χ1n) is 7.60. The molecule has 4 nitrogen and oxygen atoms in total. The Hall–Kier alpha value is -1.20. The molecule has 1 atom stereocenters. The van der Waals surface area contributed by atoms with E-state index in [2.05, 4.69) is 12.2 Å². The summed E-state index contributed by atoms with van der Waals surface area (Å²) in [7, 11) is 0. The van der Waals surface area contributed by atoms with Crippen LogP contribution in [0.2, 0.25) is 5.02 Å². The fourth-order valence-electron chi connectivity index (χ4n) is 2.35. The van der Waals surface area contributed by atoms with E-state index in [9.17, 15) is 9.59 Å². The molecule has 0 spiro atoms. The van der Waals surface area contributed by atoms with Gasteiger partial charge in [-0.15, -0.1) is 11.8 Å². The quantitative estimate of drug-likeness (QED) is 0.857. The molecular weight excluding hydrogens is 320 g/mol. The molecule has 1 N–H and O–H groups in total. The summed E-state index contributed by atoms with van der Waals surface area (Å²) in [4.78, 5) is 27.3. The Morgan fingerprint density at radius 1 is 1.41 bits per heavy atom. The summed E-state index contributed by atoms with van der Waals surface area (Å²) >= 11 is 7.37. The highest BCUT2D eigenvalue weighted by Gasteiger charge is 2.30. The molecular formula is C16H21ClN2O2S. The highest BCUT2D eigenvalue weighted by molar-refractivity contribution is 8.01. The first-order chi connectivity index (χ1) is 10.5. The van der Waals surface area contributed by atoms with Crippen molar-refractivity contribution in [2.45, 2.75) is 43.3 Å². The summed E-state index contributed by atoms with van der Waals surface area (Å²) in [6.07, 6.45) is 2.28. The van der Waals surface area contributed by atoms with Crippen LogP contribution in [-0.4, -0.2) is 35.1 Å². The lowest BCUT2D eigenvalue weighted by molar-refractivity contribution is -0.132. The molecule has 1 aromatic rings. The minimum absolute atomic E-state index is 0.0426. The third-order valence-electron chi connectivity index (χ3n) is 3.64. The first kappa shape index (κ1) is 17.2. The van der Waals surface area contributed by atoms with Crippen molar-refractivity contribution in [1.82, 2.24) is 4.90 Å². The second-order valence-electron chi connectivity index (χ2n) is 5.27. The average molecular weight is 341 g/mol. The number of hydrogen-bond acceptors (Lipinski definition) is 3. The second-order valence-corrected chi connectivity index (χ2v) is 6.95. The Morgan fingerprint density at radius 3 is 2.86 bits per heavy atom. The van der Waals surface area contributed by atoms with Crippen LogP contribution in [0.5, 0.6) is 0 Å². The van der Waals surface area contributed by atoms with Crippen molar-refractivity contribution >= 4 is 40.9 Å². The zero-order valence-corrected chi connectivity index (χ0v) is 14.5. The molecule has 0 bridgehead atoms. The van der Waals surface area contributed by atoms with E-state index in [1.165, 1.54) is 11.8 Å². The number of carbonyl (C=O) groups excluding carboxylic acids is 2. The third kappa shape index (κ3) is 4.17. The molecule has 0 fully saturated rings. The molecule has 0 saturated carbocycles. The molecule has 120 valence electrons. The lowest BCUT2D eigenvalue weighted by atomic mass is 10.2. The zero-order chi connectivity index (χ0) is 16.1. The van der Waals surface area contributed by atoms with Crippen molar-refractivity contribution in [3.8, 4) is 0 Å². The number of hydrogen-bond donors (Lipinski definition) is 1. The summed E-state index contributed by atoms with van der Waals surface area (Å²) in [5.41, 5.74) is 0.726. The summed E-state index contributed by atoms with van der Waals surface area (Å²) in [6, 6.07) is 5.41. The number of benzene rings is 1. The molecule has 1 heterocycles. The van der Waals surface area contributed by atoms with E-state index in [0.717, 1.165) is 30.0 Å². The van der Waals surface area contributed by atoms with Gasteiger partial charge in [0, 0.05) is 29.4 Å². The number of carbonyl (C=O) groups is 2. The van der Waals surface area contributed by atoms with Gasteiger partial charge in [-0.1, -0.05) is 24.9 Å². The molecule has 6 heteroatoms. The number of amides is 2. The van der Waals surface area contributed by atoms with Crippen LogP contribution in [0.15, 0.2) is 23.1 Å². The number of fused-ring (bicyclic) bond motifs is 1. The largest absolute Gasteiger partial charge is 0.343 e. The molecule has 0 unspecified atom stereocenters. The number of nitrogens with zero attached hydrogens (tertiary/aromatic N) is 1. The molecule has 1 aliphatic heterocycles. The van der Waals surface area contributed by atoms with Crippen molar-refractivity contribution in [3.63, 3.8) is 0 Å². The molecule has 1 aliphatic rings. The van der Waals surface area contributed by atoms with Gasteiger partial charge in [-0.05, 0) is 31.5 Å². The van der Waals surface area contributed by atoms with Crippen molar-refractivity contribution in [3.05, 3.63) is 23.2 Å². The van der Waals surface area contributed by atoms with Crippen LogP contribution in [0.3, 0.4) is 0 Å². The van der Waals surface area contributed by atoms with E-state index in [1.54, 1.807) is 12.1 Å². The summed E-state index contributed by atoms with van der Waals surface area (Å²) in [6.45, 7) is 5.52. The van der Waals surface area contributed by atoms with Crippen molar-refractivity contribution in [2.75, 3.05) is 18.4 Å². The van der Waals surface area contributed by atoms with Gasteiger partial charge >= 0.3 is 0 Å². The highest BCUT2D eigenvalue weighted by atomic mass is 35.5. The molecule has 0 aromatic heterocycles. The number of nitrogens with one attached hydrogen (secondary N) is 1. The van der Waals surface area contributed by atoms with Crippen LogP contribution in [0.25, 0.3) is 0 Å². The van der Waals surface area contributed by atoms with Crippen LogP contribution >= 0.6 is 23.4 Å². The lowest BCUT2D eigenvalue weighted by Crippen LogP contribution is -2.38. The second kappa shape index (κ2) is 7.88. The Morgan fingerprint density at radius 2 is 2.18 bits per heavy atom. The van der Waals surface area contributed by atoms with Crippen molar-refractivity contribution in [2.24, 2.45) is 0 Å². The van der Waals surface area contributed by atoms with Crippen LogP contribution in [0, 0.1) is 0 Å². The zero-order valence-electron chi connectivity index (χ0n) is 12.9. The summed E-state index contributed by atoms with van der Waals surface area (Å²) in [5.74, 6) is -0.0827. The number of halogens is 1. The van der Waals surface area contributed by atoms with Gasteiger partial charge in [0.1, 0.15) is 0 Å². The van der Waals surface area contributed by atoms with Crippen LogP contribution in [-0.2, 0) is 9.59 Å². The van der Waals surface area contributed by atoms with Gasteiger partial charge in [-0.2, -0.15) is 0 Å². The topological polar surface area (TPSA) is 49.4 Å². The third-order valence-corrected chi connectivity index (χ3v) is 5.15. The Balaban J connectivity index is 2.02. The van der Waals surface area contributed by atoms with E-state index in [4.69, 9.17) is 11.6 Å². The van der Waals surface area contributed by atoms with Crippen molar-refractivity contribution < 1.29 is 9.59 Å². The number of unbranched alkanes of at least 4 members (excludes halogenated alkanes) is 1. The van der Waals surface area contributed by atoms with E-state index in [0.29, 0.717) is 11.6 Å². The van der Waals surface area contributed by atoms with Gasteiger partial charge in [0.05, 0.1) is 10.9 Å². The minimum Gasteiger partial charge on any atom is -0.343 e. The minimum atomic E-state index is -0.378. The SMILES string of the molecule is CCCCN(CC)C(=O)C[C@@H]1Sc2ccc(Cl)cc2NC1=O. The average Bonchev–Trinajstić information content (AvgIpc) is 2.49. The fourth-order valence-corrected chi connectivity index (χ4v) is 3.61. The Kier molecular flexibility index (Phi) is 6.15. The number of thioether (sulfide) groups is 1. The molecule has 22 heavy (non-hydrogen) atoms. The first-order valence-corrected chi connectivity index (χ1v) is 8.85. The van der Waals surface area contributed by atoms with Gasteiger partial charge in [0.25, 0.3) is 0 Å². The predicted octanol–water partition coefficient (Wildman–Crippen LogP) is 3.79. The van der Waals surface area contributed by atoms with Crippen LogP contribution < -0.4 is 5.32 Å². The predicted molar refractivity (Wildman–Crippen MR) is 91.5 cm³/mol. The van der Waals surface area contributed by atoms with E-state index in [1.807, 2.05) is 17.9 Å². The molecule has 2 rings (SSSR count). The molecule has 1 aromatic carbocycles. The van der Waals surface area contributed by atoms with E-state index < -0.39 is 0 Å². The normalized spacial score (nSPS) is 16.9. The maximum Gasteiger partial charge on any atom is 0.238 e. The molecule has 0 radical (unpaired) electrons. The van der Waals surface area contributed by atoms with Crippen LogP contribution in [0.4, 0.5) is 5.69 Å². The molecule has 0 aliphatic carbocycles. The van der Waals surface area contributed by atoms with E-state index in [-0.39, 0.29) is 23.5 Å². The molecule has 2 amide bonds. The maximum atomic E-state index is 12.4. The smallest absolute Gasteiger partial charge is 0.238 e. The summed E-state index contributed by atoms with van der Waals surface area (Å²) < 4.78 is 0. The maximum absolute atomic E-state index is 12.4. The lowest BCUT2D eigenvalue weighted by Gasteiger charge is -2.27. The Labute approximate surface area is 140 Å². The van der Waals surface area contributed by atoms with Crippen LogP contribution in [0.1, 0.15) is 33.1 Å². The van der Waals surface area contributed by atoms with E-state index >= 15 is 0 Å². The standard InChI is InChI=1S/C16H21ClN2O2S/c1-3-5-8-19(4-2)15(20)10-14-16(21)18-12-9-11(17)6-7-13(12)22-14/h6-7,9,14H,3-5,8,10H2,1-2H3,(H,18,21)/t14-/m0/s1. The monoisotopic (exact) mass is 340 g/mol. The highest BCUT2D eigenvalue weighted by Crippen LogP contribution is 2.38. The Bertz CT molecular complexity index is 565. The van der Waals surface area contributed by atoms with Gasteiger partial charge in [-0.25, -0.2) is 0 Å². The number of anilines is 1. The van der Waals surface area contributed by atoms with Gasteiger partial charge in [0.15, 0.2) is 0 Å². The van der Waals surface area contributed by atoms with Gasteiger partial charge < -0.3 is 10.2 Å². The van der Waals surface area contributed by atoms with Crippen molar-refractivity contribution in [1.29, 1.82) is 0 Å². The molecule has 0 saturated heterocycles. The number of rotatable bonds is 6. The fraction of sp³-hybridized carbons (Fsp3) is 0.500. The summed E-state index contributed by atoms with van der Waals surface area (Å²) in [5, 5.41) is 3.05.